The number of rotatable bonds is 25. The van der Waals surface area contributed by atoms with Crippen molar-refractivity contribution >= 4 is 24.0 Å². The fourth-order valence-electron chi connectivity index (χ4n) is 6.53. The second-order valence-corrected chi connectivity index (χ2v) is 14.1. The zero-order valence-electron chi connectivity index (χ0n) is 32.3. The van der Waals surface area contributed by atoms with Crippen LogP contribution in [0, 0.1) is 0 Å². The van der Waals surface area contributed by atoms with Crippen LogP contribution in [0.15, 0.2) is 48.7 Å². The van der Waals surface area contributed by atoms with E-state index in [1.54, 1.807) is 29.2 Å². The minimum Gasteiger partial charge on any atom is -0.447 e. The predicted molar refractivity (Wildman–Crippen MR) is 204 cm³/mol. The molecule has 10 heteroatoms. The zero-order valence-corrected chi connectivity index (χ0v) is 32.3. The highest BCUT2D eigenvalue weighted by atomic mass is 16.6. The number of imide groups is 1. The third-order valence-electron chi connectivity index (χ3n) is 9.97. The van der Waals surface area contributed by atoms with Gasteiger partial charge in [0.2, 0.25) is 11.6 Å². The summed E-state index contributed by atoms with van der Waals surface area (Å²) in [6, 6.07) is 12.4. The molecule has 1 aromatic carbocycles. The molecule has 1 aliphatic heterocycles. The molecule has 0 aliphatic carbocycles. The molecule has 1 aromatic heterocycles. The Morgan fingerprint density at radius 3 is 1.92 bits per heavy atom. The summed E-state index contributed by atoms with van der Waals surface area (Å²) in [5, 5.41) is 2.84. The number of aryl methyl sites for hydroxylation is 1. The number of hydrogen-bond donors (Lipinski definition) is 1. The summed E-state index contributed by atoms with van der Waals surface area (Å²) in [4.78, 5) is 53.2. The molecule has 1 saturated heterocycles. The van der Waals surface area contributed by atoms with Crippen molar-refractivity contribution in [1.82, 2.24) is 15.1 Å². The quantitative estimate of drug-likeness (QED) is 0.0811. The molecule has 0 radical (unpaired) electrons. The van der Waals surface area contributed by atoms with Crippen LogP contribution in [0.25, 0.3) is 0 Å². The fraction of sp³-hybridized carbons (Fsp3) is 0.643. The lowest BCUT2D eigenvalue weighted by Crippen LogP contribution is -2.54. The number of carbonyl (C=O) groups is 4. The Bertz CT molecular complexity index is 1350. The molecule has 52 heavy (non-hydrogen) atoms. The van der Waals surface area contributed by atoms with E-state index in [1.807, 2.05) is 35.9 Å². The summed E-state index contributed by atoms with van der Waals surface area (Å²) in [7, 11) is 0. The second-order valence-electron chi connectivity index (χ2n) is 14.1. The highest BCUT2D eigenvalue weighted by Gasteiger charge is 2.35. The van der Waals surface area contributed by atoms with Gasteiger partial charge in [0.15, 0.2) is 6.20 Å². The van der Waals surface area contributed by atoms with E-state index in [-0.39, 0.29) is 31.7 Å². The number of amides is 4. The van der Waals surface area contributed by atoms with Crippen molar-refractivity contribution < 1.29 is 33.2 Å². The van der Waals surface area contributed by atoms with Gasteiger partial charge in [0.1, 0.15) is 26.3 Å². The lowest BCUT2D eigenvalue weighted by atomic mass is 10.0. The lowest BCUT2D eigenvalue weighted by Gasteiger charge is -2.40. The number of nitrogens with one attached hydrogen (secondary N) is 1. The Morgan fingerprint density at radius 1 is 0.788 bits per heavy atom. The number of hydrogen-bond acceptors (Lipinski definition) is 6. The highest BCUT2D eigenvalue weighted by molar-refractivity contribution is 5.95. The van der Waals surface area contributed by atoms with Gasteiger partial charge < -0.3 is 19.7 Å². The second kappa shape index (κ2) is 25.1. The molecule has 2 aromatic rings. The standard InChI is InChI=1S/C42H64N4O6/c1-4-6-7-8-9-10-11-12-13-14-15-16-17-18-19-21-29-43-41(49)51-33-36-24-26-37(27-25-36)40(48)45-31-28-39(45)34-52-42(50)46(35(3)47)32-38-23-20-22-30-44(38)5-2/h20,22-27,30,39H,4-19,21,28-29,31-34H2,1-3H3/p+1. The minimum atomic E-state index is -0.725. The van der Waals surface area contributed by atoms with Crippen LogP contribution in [-0.4, -0.2) is 59.5 Å². The van der Waals surface area contributed by atoms with Gasteiger partial charge in [-0.3, -0.25) is 9.59 Å². The van der Waals surface area contributed by atoms with Crippen LogP contribution in [0.3, 0.4) is 0 Å². The van der Waals surface area contributed by atoms with E-state index in [0.717, 1.165) is 29.0 Å². The molecule has 1 fully saturated rings. The number of aromatic nitrogens is 1. The van der Waals surface area contributed by atoms with Gasteiger partial charge in [-0.25, -0.2) is 19.1 Å². The van der Waals surface area contributed by atoms with Crippen molar-refractivity contribution in [3.63, 3.8) is 0 Å². The maximum Gasteiger partial charge on any atom is 0.417 e. The fourth-order valence-corrected chi connectivity index (χ4v) is 6.53. The largest absolute Gasteiger partial charge is 0.447 e. The van der Waals surface area contributed by atoms with Gasteiger partial charge in [0, 0.05) is 37.7 Å². The Morgan fingerprint density at radius 2 is 1.38 bits per heavy atom. The molecule has 288 valence electrons. The number of alkyl carbamates (subject to hydrolysis) is 1. The smallest absolute Gasteiger partial charge is 0.417 e. The summed E-state index contributed by atoms with van der Waals surface area (Å²) >= 11 is 0. The van der Waals surface area contributed by atoms with E-state index in [4.69, 9.17) is 9.47 Å². The molecule has 0 saturated carbocycles. The van der Waals surface area contributed by atoms with Gasteiger partial charge in [-0.05, 0) is 37.5 Å². The molecule has 0 spiro atoms. The first kappa shape index (κ1) is 42.5. The predicted octanol–water partition coefficient (Wildman–Crippen LogP) is 8.88. The van der Waals surface area contributed by atoms with E-state index >= 15 is 0 Å². The topological polar surface area (TPSA) is 109 Å². The number of ether oxygens (including phenoxy) is 2. The van der Waals surface area contributed by atoms with Crippen molar-refractivity contribution in [3.05, 3.63) is 65.5 Å². The Kier molecular flexibility index (Phi) is 20.5. The first-order valence-corrected chi connectivity index (χ1v) is 20.1. The molecule has 2 heterocycles. The van der Waals surface area contributed by atoms with Crippen LogP contribution in [0.1, 0.15) is 152 Å². The van der Waals surface area contributed by atoms with E-state index in [2.05, 4.69) is 12.2 Å². The van der Waals surface area contributed by atoms with Crippen LogP contribution in [0.5, 0.6) is 0 Å². The maximum absolute atomic E-state index is 13.2. The summed E-state index contributed by atoms with van der Waals surface area (Å²) in [6.07, 6.45) is 22.5. The molecule has 4 amide bonds. The molecule has 0 bridgehead atoms. The average Bonchev–Trinajstić information content (AvgIpc) is 3.13. The third kappa shape index (κ3) is 15.7. The highest BCUT2D eigenvalue weighted by Crippen LogP contribution is 2.22. The van der Waals surface area contributed by atoms with Crippen molar-refractivity contribution in [2.24, 2.45) is 0 Å². The number of pyridine rings is 1. The Balaban J connectivity index is 1.23. The average molecular weight is 722 g/mol. The molecule has 3 rings (SSSR count). The van der Waals surface area contributed by atoms with Gasteiger partial charge >= 0.3 is 12.2 Å². The summed E-state index contributed by atoms with van der Waals surface area (Å²) in [5.41, 5.74) is 2.11. The molecular weight excluding hydrogens is 656 g/mol. The van der Waals surface area contributed by atoms with E-state index in [9.17, 15) is 19.2 Å². The molecule has 1 N–H and O–H groups in total. The van der Waals surface area contributed by atoms with Crippen LogP contribution in [0.4, 0.5) is 9.59 Å². The molecule has 10 nitrogen and oxygen atoms in total. The molecular formula is C42H65N4O6+. The van der Waals surface area contributed by atoms with E-state index in [1.165, 1.54) is 96.8 Å². The first-order chi connectivity index (χ1) is 25.3. The molecule has 1 atom stereocenters. The minimum absolute atomic E-state index is 0.0113. The number of benzene rings is 1. The van der Waals surface area contributed by atoms with Gasteiger partial charge in [-0.2, -0.15) is 0 Å². The van der Waals surface area contributed by atoms with Gasteiger partial charge in [0.05, 0.1) is 6.04 Å². The monoisotopic (exact) mass is 721 g/mol. The normalized spacial score (nSPS) is 13.7. The van der Waals surface area contributed by atoms with Gasteiger partial charge in [-0.1, -0.05) is 121 Å². The lowest BCUT2D eigenvalue weighted by molar-refractivity contribution is -0.701. The summed E-state index contributed by atoms with van der Waals surface area (Å²) < 4.78 is 12.8. The van der Waals surface area contributed by atoms with Crippen LogP contribution < -0.4 is 9.88 Å². The molecule has 1 unspecified atom stereocenters. The van der Waals surface area contributed by atoms with E-state index < -0.39 is 18.1 Å². The summed E-state index contributed by atoms with van der Waals surface area (Å²) in [5.74, 6) is -0.567. The van der Waals surface area contributed by atoms with Crippen LogP contribution in [-0.2, 0) is 34.0 Å². The van der Waals surface area contributed by atoms with Gasteiger partial charge in [-0.15, -0.1) is 0 Å². The number of nitrogens with zero attached hydrogens (tertiary/aromatic N) is 3. The first-order valence-electron chi connectivity index (χ1n) is 20.1. The van der Waals surface area contributed by atoms with Crippen LogP contribution >= 0.6 is 0 Å². The van der Waals surface area contributed by atoms with Crippen molar-refractivity contribution in [2.75, 3.05) is 19.7 Å². The van der Waals surface area contributed by atoms with Crippen molar-refractivity contribution in [2.45, 2.75) is 156 Å². The maximum atomic E-state index is 13.2. The summed E-state index contributed by atoms with van der Waals surface area (Å²) in [6.45, 7) is 7.71. The third-order valence-corrected chi connectivity index (χ3v) is 9.97. The molecule has 1 aliphatic rings. The Hall–Kier alpha value is -3.95. The number of likely N-dealkylation sites (tertiary alicyclic amines) is 1. The van der Waals surface area contributed by atoms with Crippen molar-refractivity contribution in [3.8, 4) is 0 Å². The SMILES string of the molecule is CCCCCCCCCCCCCCCCCCNC(=O)OCc1ccc(C(=O)N2CCC2COC(=O)N(Cc2cccc[n+]2CC)C(C)=O)cc1. The van der Waals surface area contributed by atoms with Gasteiger partial charge in [0.25, 0.3) is 5.91 Å². The number of unbranched alkanes of at least 4 members (excludes halogenated alkanes) is 15. The number of carbonyl (C=O) groups excluding carboxylic acids is 4. The van der Waals surface area contributed by atoms with Crippen LogP contribution in [0.2, 0.25) is 0 Å². The van der Waals surface area contributed by atoms with E-state index in [0.29, 0.717) is 31.6 Å². The van der Waals surface area contributed by atoms with Crippen molar-refractivity contribution in [1.29, 1.82) is 0 Å². The zero-order chi connectivity index (χ0) is 37.4. The Labute approximate surface area is 312 Å².